The van der Waals surface area contributed by atoms with Gasteiger partial charge in [0.05, 0.1) is 4.91 Å². The first-order valence-corrected chi connectivity index (χ1v) is 11.2. The van der Waals surface area contributed by atoms with Gasteiger partial charge in [0.25, 0.3) is 5.91 Å². The maximum atomic E-state index is 12.8. The summed E-state index contributed by atoms with van der Waals surface area (Å²) in [5.41, 5.74) is 3.35. The highest BCUT2D eigenvalue weighted by Crippen LogP contribution is 2.32. The van der Waals surface area contributed by atoms with E-state index in [4.69, 9.17) is 22.1 Å². The number of aliphatic carboxylic acids is 1. The highest BCUT2D eigenvalue weighted by molar-refractivity contribution is 8.26. The second-order valence-corrected chi connectivity index (χ2v) is 8.93. The van der Waals surface area contributed by atoms with Crippen molar-refractivity contribution in [3.63, 3.8) is 0 Å². The summed E-state index contributed by atoms with van der Waals surface area (Å²) in [4.78, 5) is 36.8. The summed E-state index contributed by atoms with van der Waals surface area (Å²) < 4.78 is 5.78. The van der Waals surface area contributed by atoms with Gasteiger partial charge in [0.15, 0.2) is 10.4 Å². The summed E-state index contributed by atoms with van der Waals surface area (Å²) in [6.45, 7) is 1.73. The molecule has 3 rings (SSSR count). The molecule has 2 fully saturated rings. The van der Waals surface area contributed by atoms with Gasteiger partial charge in [0, 0.05) is 5.92 Å². The number of thioether (sulfide) groups is 1. The molecule has 2 aliphatic rings. The monoisotopic (exact) mass is 448 g/mol. The lowest BCUT2D eigenvalue weighted by molar-refractivity contribution is -0.145. The summed E-state index contributed by atoms with van der Waals surface area (Å²) >= 11 is 6.39. The molecule has 0 bridgehead atoms. The van der Waals surface area contributed by atoms with E-state index in [0.717, 1.165) is 48.9 Å². The van der Waals surface area contributed by atoms with E-state index in [2.05, 4.69) is 5.43 Å². The van der Waals surface area contributed by atoms with Gasteiger partial charge in [-0.1, -0.05) is 50.1 Å². The summed E-state index contributed by atoms with van der Waals surface area (Å²) in [5.74, 6) is -1.25. The second kappa shape index (κ2) is 10.1. The number of hydrazine groups is 1. The molecule has 30 heavy (non-hydrogen) atoms. The summed E-state index contributed by atoms with van der Waals surface area (Å²) in [7, 11) is 0. The molecule has 2 N–H and O–H groups in total. The SMILES string of the molecule is CCC(Oc1cccc(/C=C2/SC(=S)N(NC(=O)C3CCCCC3)C2=O)c1)C(=O)O. The van der Waals surface area contributed by atoms with E-state index in [0.29, 0.717) is 22.6 Å². The number of nitrogens with zero attached hydrogens (tertiary/aromatic N) is 1. The largest absolute Gasteiger partial charge is 0.479 e. The molecule has 1 saturated carbocycles. The Labute approximate surface area is 184 Å². The molecular weight excluding hydrogens is 424 g/mol. The number of hydrogen-bond acceptors (Lipinski definition) is 6. The molecule has 1 saturated heterocycles. The van der Waals surface area contributed by atoms with Crippen LogP contribution in [0.5, 0.6) is 5.75 Å². The van der Waals surface area contributed by atoms with Crippen LogP contribution in [0.2, 0.25) is 0 Å². The zero-order valence-corrected chi connectivity index (χ0v) is 18.3. The van der Waals surface area contributed by atoms with E-state index in [1.165, 1.54) is 0 Å². The van der Waals surface area contributed by atoms with E-state index in [-0.39, 0.29) is 22.1 Å². The minimum Gasteiger partial charge on any atom is -0.479 e. The fraction of sp³-hybridized carbons (Fsp3) is 0.429. The first-order valence-electron chi connectivity index (χ1n) is 9.97. The fourth-order valence-corrected chi connectivity index (χ4v) is 4.61. The average molecular weight is 449 g/mol. The van der Waals surface area contributed by atoms with Gasteiger partial charge in [-0.3, -0.25) is 15.0 Å². The van der Waals surface area contributed by atoms with E-state index in [1.807, 2.05) is 0 Å². The van der Waals surface area contributed by atoms with Gasteiger partial charge in [-0.2, -0.15) is 5.01 Å². The molecule has 160 valence electrons. The van der Waals surface area contributed by atoms with Crippen molar-refractivity contribution in [3.8, 4) is 5.75 Å². The van der Waals surface area contributed by atoms with Crippen LogP contribution in [0.15, 0.2) is 29.2 Å². The number of carboxylic acid groups (broad SMARTS) is 1. The van der Waals surface area contributed by atoms with Crippen LogP contribution in [0.3, 0.4) is 0 Å². The highest BCUT2D eigenvalue weighted by atomic mass is 32.2. The van der Waals surface area contributed by atoms with Crippen LogP contribution in [-0.2, 0) is 14.4 Å². The summed E-state index contributed by atoms with van der Waals surface area (Å²) in [6, 6.07) is 6.83. The smallest absolute Gasteiger partial charge is 0.344 e. The minimum atomic E-state index is -1.03. The molecular formula is C21H24N2O5S2. The molecule has 9 heteroatoms. The first kappa shape index (κ1) is 22.3. The van der Waals surface area contributed by atoms with Crippen LogP contribution < -0.4 is 10.2 Å². The molecule has 1 aliphatic heterocycles. The number of ether oxygens (including phenoxy) is 1. The summed E-state index contributed by atoms with van der Waals surface area (Å²) in [5, 5.41) is 10.3. The number of thiocarbonyl (C=S) groups is 1. The Morgan fingerprint density at radius 2 is 2.10 bits per heavy atom. The number of nitrogens with one attached hydrogen (secondary N) is 1. The Balaban J connectivity index is 1.69. The van der Waals surface area contributed by atoms with Crippen LogP contribution in [0.25, 0.3) is 6.08 Å². The number of amides is 2. The van der Waals surface area contributed by atoms with Crippen LogP contribution in [-0.4, -0.2) is 38.3 Å². The predicted octanol–water partition coefficient (Wildman–Crippen LogP) is 3.74. The average Bonchev–Trinajstić information content (AvgIpc) is 3.00. The number of carbonyl (C=O) groups is 3. The molecule has 1 atom stereocenters. The maximum absolute atomic E-state index is 12.8. The van der Waals surface area contributed by atoms with E-state index in [1.54, 1.807) is 37.3 Å². The third-order valence-corrected chi connectivity index (χ3v) is 6.37. The molecule has 7 nitrogen and oxygen atoms in total. The van der Waals surface area contributed by atoms with Crippen LogP contribution in [0.1, 0.15) is 51.0 Å². The van der Waals surface area contributed by atoms with Crippen molar-refractivity contribution in [2.24, 2.45) is 5.92 Å². The van der Waals surface area contributed by atoms with Crippen LogP contribution in [0, 0.1) is 5.92 Å². The van der Waals surface area contributed by atoms with E-state index < -0.39 is 12.1 Å². The molecule has 1 aliphatic carbocycles. The molecule has 0 spiro atoms. The van der Waals surface area contributed by atoms with Crippen molar-refractivity contribution in [3.05, 3.63) is 34.7 Å². The molecule has 1 aromatic carbocycles. The maximum Gasteiger partial charge on any atom is 0.344 e. The Kier molecular flexibility index (Phi) is 7.49. The number of hydrogen-bond donors (Lipinski definition) is 2. The number of rotatable bonds is 7. The molecule has 1 heterocycles. The highest BCUT2D eigenvalue weighted by Gasteiger charge is 2.35. The number of benzene rings is 1. The Morgan fingerprint density at radius 3 is 2.77 bits per heavy atom. The molecule has 2 amide bonds. The van der Waals surface area contributed by atoms with Crippen LogP contribution >= 0.6 is 24.0 Å². The van der Waals surface area contributed by atoms with Gasteiger partial charge in [-0.05, 0) is 55.3 Å². The van der Waals surface area contributed by atoms with Gasteiger partial charge in [0.2, 0.25) is 5.91 Å². The topological polar surface area (TPSA) is 95.9 Å². The lowest BCUT2D eigenvalue weighted by atomic mass is 9.89. The van der Waals surface area contributed by atoms with Crippen LogP contribution in [0.4, 0.5) is 0 Å². The van der Waals surface area contributed by atoms with Crippen molar-refractivity contribution in [2.75, 3.05) is 0 Å². The Bertz CT molecular complexity index is 880. The van der Waals surface area contributed by atoms with Gasteiger partial charge in [-0.15, -0.1) is 0 Å². The van der Waals surface area contributed by atoms with Gasteiger partial charge < -0.3 is 9.84 Å². The molecule has 0 radical (unpaired) electrons. The zero-order valence-electron chi connectivity index (χ0n) is 16.6. The second-order valence-electron chi connectivity index (χ2n) is 7.25. The lowest BCUT2D eigenvalue weighted by Crippen LogP contribution is -2.47. The standard InChI is InChI=1S/C21H24N2O5S2/c1-2-16(20(26)27)28-15-10-6-7-13(11-15)12-17-19(25)23(21(29)30-17)22-18(24)14-8-4-3-5-9-14/h6-7,10-12,14,16H,2-5,8-9H2,1H3,(H,22,24)(H,26,27)/b17-12+. The van der Waals surface area contributed by atoms with Gasteiger partial charge >= 0.3 is 5.97 Å². The van der Waals surface area contributed by atoms with Crippen molar-refractivity contribution < 1.29 is 24.2 Å². The van der Waals surface area contributed by atoms with Gasteiger partial charge in [0.1, 0.15) is 5.75 Å². The zero-order chi connectivity index (χ0) is 21.7. The quantitative estimate of drug-likeness (QED) is 0.484. The van der Waals surface area contributed by atoms with Gasteiger partial charge in [-0.25, -0.2) is 4.79 Å². The fourth-order valence-electron chi connectivity index (χ4n) is 3.43. The molecule has 1 unspecified atom stereocenters. The van der Waals surface area contributed by atoms with Crippen molar-refractivity contribution in [1.82, 2.24) is 10.4 Å². The third kappa shape index (κ3) is 5.40. The van der Waals surface area contributed by atoms with Crippen molar-refractivity contribution in [2.45, 2.75) is 51.6 Å². The predicted molar refractivity (Wildman–Crippen MR) is 119 cm³/mol. The Morgan fingerprint density at radius 1 is 1.37 bits per heavy atom. The van der Waals surface area contributed by atoms with Crippen molar-refractivity contribution >= 4 is 52.2 Å². The normalized spacial score (nSPS) is 19.8. The van der Waals surface area contributed by atoms with E-state index in [9.17, 15) is 14.4 Å². The molecule has 0 aromatic heterocycles. The van der Waals surface area contributed by atoms with Crippen molar-refractivity contribution in [1.29, 1.82) is 0 Å². The third-order valence-electron chi connectivity index (χ3n) is 5.07. The summed E-state index contributed by atoms with van der Waals surface area (Å²) in [6.07, 6.45) is 5.90. The molecule has 1 aromatic rings. The number of carbonyl (C=O) groups excluding carboxylic acids is 2. The Hall–Kier alpha value is -2.39. The first-order chi connectivity index (χ1) is 14.4. The number of carboxylic acids is 1. The van der Waals surface area contributed by atoms with E-state index >= 15 is 0 Å². The minimum absolute atomic E-state index is 0.0815. The lowest BCUT2D eigenvalue weighted by Gasteiger charge is -2.23.